The number of aromatic nitrogens is 3. The van der Waals surface area contributed by atoms with Crippen molar-refractivity contribution >= 4 is 5.82 Å². The number of nitrogens with two attached hydrogens (primary N) is 1. The summed E-state index contributed by atoms with van der Waals surface area (Å²) in [5.74, 6) is 0.501. The first-order valence-electron chi connectivity index (χ1n) is 3.98. The summed E-state index contributed by atoms with van der Waals surface area (Å²) in [7, 11) is 0. The summed E-state index contributed by atoms with van der Waals surface area (Å²) >= 11 is 0. The number of nitrogen functional groups attached to an aromatic ring is 1. The third-order valence-electron chi connectivity index (χ3n) is 1.52. The van der Waals surface area contributed by atoms with E-state index in [0.717, 1.165) is 13.0 Å². The lowest BCUT2D eigenvalue weighted by molar-refractivity contribution is 0.498. The van der Waals surface area contributed by atoms with Crippen LogP contribution >= 0.6 is 0 Å². The number of hydrogen-bond donors (Lipinski definition) is 1. The molecule has 0 saturated heterocycles. The highest BCUT2D eigenvalue weighted by Crippen LogP contribution is 1.97. The second-order valence-electron chi connectivity index (χ2n) is 2.57. The molecule has 0 amide bonds. The fourth-order valence-corrected chi connectivity index (χ4v) is 0.922. The van der Waals surface area contributed by atoms with Gasteiger partial charge < -0.3 is 5.73 Å². The van der Waals surface area contributed by atoms with Crippen LogP contribution in [0.1, 0.15) is 26.2 Å². The van der Waals surface area contributed by atoms with E-state index in [4.69, 9.17) is 5.73 Å². The van der Waals surface area contributed by atoms with E-state index in [2.05, 4.69) is 17.1 Å². The van der Waals surface area contributed by atoms with E-state index in [9.17, 15) is 0 Å². The number of hydrogen-bond acceptors (Lipinski definition) is 3. The molecule has 0 unspecified atom stereocenters. The Morgan fingerprint density at radius 1 is 1.55 bits per heavy atom. The van der Waals surface area contributed by atoms with Gasteiger partial charge in [-0.3, -0.25) is 0 Å². The second-order valence-corrected chi connectivity index (χ2v) is 2.57. The van der Waals surface area contributed by atoms with Crippen LogP contribution in [0.15, 0.2) is 6.20 Å². The monoisotopic (exact) mass is 154 g/mol. The summed E-state index contributed by atoms with van der Waals surface area (Å²) in [6, 6.07) is 0. The first-order valence-corrected chi connectivity index (χ1v) is 3.98. The molecule has 0 atom stereocenters. The Balaban J connectivity index is 2.27. The molecule has 4 heteroatoms. The molecular formula is C7H14N4. The van der Waals surface area contributed by atoms with Gasteiger partial charge in [0.25, 0.3) is 0 Å². The van der Waals surface area contributed by atoms with Crippen LogP contribution in [0.5, 0.6) is 0 Å². The molecule has 1 aromatic heterocycles. The summed E-state index contributed by atoms with van der Waals surface area (Å²) in [5, 5.41) is 7.93. The van der Waals surface area contributed by atoms with Crippen LogP contribution in [0.3, 0.4) is 0 Å². The Labute approximate surface area is 66.4 Å². The van der Waals surface area contributed by atoms with Gasteiger partial charge in [0.1, 0.15) is 0 Å². The van der Waals surface area contributed by atoms with Gasteiger partial charge in [-0.05, 0) is 6.42 Å². The molecule has 0 aromatic carbocycles. The van der Waals surface area contributed by atoms with Crippen molar-refractivity contribution in [1.82, 2.24) is 15.0 Å². The van der Waals surface area contributed by atoms with Crippen molar-refractivity contribution in [3.8, 4) is 0 Å². The Bertz CT molecular complexity index is 206. The van der Waals surface area contributed by atoms with Gasteiger partial charge in [-0.25, -0.2) is 0 Å². The van der Waals surface area contributed by atoms with Gasteiger partial charge in [0.05, 0.1) is 12.7 Å². The maximum Gasteiger partial charge on any atom is 0.165 e. The average molecular weight is 154 g/mol. The Kier molecular flexibility index (Phi) is 2.89. The molecule has 0 bridgehead atoms. The van der Waals surface area contributed by atoms with Crippen molar-refractivity contribution in [1.29, 1.82) is 0 Å². The highest BCUT2D eigenvalue weighted by atomic mass is 15.5. The molecule has 2 N–H and O–H groups in total. The highest BCUT2D eigenvalue weighted by Gasteiger charge is 1.94. The van der Waals surface area contributed by atoms with Crippen LogP contribution in [0.2, 0.25) is 0 Å². The van der Waals surface area contributed by atoms with Gasteiger partial charge in [0.15, 0.2) is 5.82 Å². The molecule has 0 saturated carbocycles. The van der Waals surface area contributed by atoms with E-state index >= 15 is 0 Å². The zero-order valence-electron chi connectivity index (χ0n) is 6.82. The lowest BCUT2D eigenvalue weighted by atomic mass is 10.2. The van der Waals surface area contributed by atoms with Gasteiger partial charge in [0.2, 0.25) is 0 Å². The van der Waals surface area contributed by atoms with Crippen LogP contribution in [-0.4, -0.2) is 15.0 Å². The molecule has 1 rings (SSSR count). The molecule has 11 heavy (non-hydrogen) atoms. The molecule has 62 valence electrons. The second kappa shape index (κ2) is 3.95. The van der Waals surface area contributed by atoms with E-state index in [1.165, 1.54) is 12.8 Å². The highest BCUT2D eigenvalue weighted by molar-refractivity contribution is 5.19. The zero-order valence-corrected chi connectivity index (χ0v) is 6.82. The number of nitrogens with zero attached hydrogens (tertiary/aromatic N) is 3. The number of unbranched alkanes of at least 4 members (excludes halogenated alkanes) is 2. The largest absolute Gasteiger partial charge is 0.381 e. The van der Waals surface area contributed by atoms with E-state index in [1.54, 1.807) is 11.0 Å². The third-order valence-corrected chi connectivity index (χ3v) is 1.52. The number of anilines is 1. The molecular weight excluding hydrogens is 140 g/mol. The fraction of sp³-hybridized carbons (Fsp3) is 0.714. The van der Waals surface area contributed by atoms with Crippen LogP contribution < -0.4 is 5.73 Å². The van der Waals surface area contributed by atoms with Crippen molar-refractivity contribution in [3.05, 3.63) is 6.20 Å². The van der Waals surface area contributed by atoms with Crippen LogP contribution in [-0.2, 0) is 6.54 Å². The Hall–Kier alpha value is -1.06. The first kappa shape index (κ1) is 8.04. The maximum atomic E-state index is 5.39. The SMILES string of the molecule is CCCCCn1ncc(N)n1. The minimum absolute atomic E-state index is 0.501. The van der Waals surface area contributed by atoms with Gasteiger partial charge in [-0.2, -0.15) is 9.90 Å². The van der Waals surface area contributed by atoms with Crippen molar-refractivity contribution in [3.63, 3.8) is 0 Å². The molecule has 1 aromatic rings. The lowest BCUT2D eigenvalue weighted by Gasteiger charge is -1.96. The summed E-state index contributed by atoms with van der Waals surface area (Å²) < 4.78 is 0. The maximum absolute atomic E-state index is 5.39. The molecule has 1 heterocycles. The Morgan fingerprint density at radius 2 is 2.36 bits per heavy atom. The van der Waals surface area contributed by atoms with Crippen LogP contribution in [0.25, 0.3) is 0 Å². The van der Waals surface area contributed by atoms with E-state index in [0.29, 0.717) is 5.82 Å². The molecule has 0 spiro atoms. The fourth-order valence-electron chi connectivity index (χ4n) is 0.922. The van der Waals surface area contributed by atoms with E-state index in [1.807, 2.05) is 0 Å². The predicted octanol–water partition coefficient (Wildman–Crippen LogP) is 1.05. The van der Waals surface area contributed by atoms with Gasteiger partial charge in [-0.1, -0.05) is 19.8 Å². The molecule has 0 aliphatic heterocycles. The summed E-state index contributed by atoms with van der Waals surface area (Å²) in [4.78, 5) is 1.64. The first-order chi connectivity index (χ1) is 5.33. The van der Waals surface area contributed by atoms with Crippen molar-refractivity contribution in [2.45, 2.75) is 32.7 Å². The Morgan fingerprint density at radius 3 is 2.91 bits per heavy atom. The minimum Gasteiger partial charge on any atom is -0.381 e. The minimum atomic E-state index is 0.501. The lowest BCUT2D eigenvalue weighted by Crippen LogP contribution is -2.02. The average Bonchev–Trinajstić information content (AvgIpc) is 2.37. The van der Waals surface area contributed by atoms with E-state index in [-0.39, 0.29) is 0 Å². The molecule has 0 fully saturated rings. The summed E-state index contributed by atoms with van der Waals surface area (Å²) in [6.45, 7) is 3.05. The number of aryl methyl sites for hydroxylation is 1. The predicted molar refractivity (Wildman–Crippen MR) is 44.0 cm³/mol. The number of rotatable bonds is 4. The van der Waals surface area contributed by atoms with E-state index < -0.39 is 0 Å². The smallest absolute Gasteiger partial charge is 0.165 e. The van der Waals surface area contributed by atoms with Gasteiger partial charge in [-0.15, -0.1) is 5.10 Å². The van der Waals surface area contributed by atoms with Crippen molar-refractivity contribution in [2.75, 3.05) is 5.73 Å². The summed E-state index contributed by atoms with van der Waals surface area (Å²) in [5.41, 5.74) is 5.39. The third kappa shape index (κ3) is 2.57. The standard InChI is InChI=1S/C7H14N4/c1-2-3-4-5-11-9-6-7(8)10-11/h6H,2-5H2,1H3,(H2,8,10). The van der Waals surface area contributed by atoms with Crippen LogP contribution in [0.4, 0.5) is 5.82 Å². The van der Waals surface area contributed by atoms with Crippen molar-refractivity contribution < 1.29 is 0 Å². The van der Waals surface area contributed by atoms with Crippen molar-refractivity contribution in [2.24, 2.45) is 0 Å². The molecule has 0 aliphatic rings. The molecule has 4 nitrogen and oxygen atoms in total. The van der Waals surface area contributed by atoms with Gasteiger partial charge in [0, 0.05) is 0 Å². The topological polar surface area (TPSA) is 56.7 Å². The summed E-state index contributed by atoms with van der Waals surface area (Å²) in [6.07, 6.45) is 5.15. The quantitative estimate of drug-likeness (QED) is 0.659. The van der Waals surface area contributed by atoms with Gasteiger partial charge >= 0.3 is 0 Å². The molecule has 0 aliphatic carbocycles. The zero-order chi connectivity index (χ0) is 8.10. The van der Waals surface area contributed by atoms with Crippen LogP contribution in [0, 0.1) is 0 Å². The normalized spacial score (nSPS) is 10.3. The molecule has 0 radical (unpaired) electrons.